The van der Waals surface area contributed by atoms with Crippen LogP contribution in [0.5, 0.6) is 5.75 Å². The van der Waals surface area contributed by atoms with Crippen LogP contribution in [0.2, 0.25) is 0 Å². The van der Waals surface area contributed by atoms with E-state index in [4.69, 9.17) is 4.74 Å². The van der Waals surface area contributed by atoms with Gasteiger partial charge in [0.05, 0.1) is 7.11 Å². The molecule has 24 heavy (non-hydrogen) atoms. The van der Waals surface area contributed by atoms with Crippen LogP contribution in [0.1, 0.15) is 5.56 Å². The molecule has 0 unspecified atom stereocenters. The number of hydrogen-bond acceptors (Lipinski definition) is 1. The Hall–Kier alpha value is -2.67. The molecule has 0 bridgehead atoms. The number of rotatable bonds is 4. The molecule has 2 aliphatic heterocycles. The van der Waals surface area contributed by atoms with Gasteiger partial charge in [0.2, 0.25) is 13.4 Å². The van der Waals surface area contributed by atoms with Gasteiger partial charge in [-0.2, -0.15) is 0 Å². The molecule has 0 aromatic heterocycles. The summed E-state index contributed by atoms with van der Waals surface area (Å²) in [5.41, 5.74) is 7.16. The third kappa shape index (κ3) is 2.12. The van der Waals surface area contributed by atoms with E-state index in [1.807, 2.05) is 12.1 Å². The minimum Gasteiger partial charge on any atom is -0.497 e. The molecule has 0 saturated heterocycles. The molecule has 3 heteroatoms. The highest BCUT2D eigenvalue weighted by Gasteiger charge is 2.49. The quantitative estimate of drug-likeness (QED) is 0.662. The van der Waals surface area contributed by atoms with Gasteiger partial charge in [-0.3, -0.25) is 0 Å². The van der Waals surface area contributed by atoms with E-state index < -0.39 is 0 Å². The van der Waals surface area contributed by atoms with Gasteiger partial charge in [-0.25, -0.2) is 0 Å². The molecule has 0 atom stereocenters. The lowest BCUT2D eigenvalue weighted by atomic mass is 9.36. The highest BCUT2D eigenvalue weighted by Crippen LogP contribution is 2.23. The van der Waals surface area contributed by atoms with E-state index in [0.717, 1.165) is 5.75 Å². The topological polar surface area (TPSA) is 9.23 Å². The first-order valence-corrected chi connectivity index (χ1v) is 8.40. The van der Waals surface area contributed by atoms with Crippen molar-refractivity contribution >= 4 is 41.4 Å². The van der Waals surface area contributed by atoms with Crippen molar-refractivity contribution in [3.63, 3.8) is 0 Å². The molecule has 0 amide bonds. The second-order valence-electron chi connectivity index (χ2n) is 6.54. The predicted octanol–water partition coefficient (Wildman–Crippen LogP) is 1.40. The molecule has 2 heterocycles. The van der Waals surface area contributed by atoms with Crippen LogP contribution < -0.4 is 26.6 Å². The molecule has 0 N–H and O–H groups in total. The van der Waals surface area contributed by atoms with Gasteiger partial charge in [-0.05, 0) is 17.7 Å². The molecule has 0 saturated carbocycles. The van der Waals surface area contributed by atoms with Gasteiger partial charge in [0.15, 0.2) is 0 Å². The maximum atomic E-state index is 5.27. The SMILES string of the molecule is COc1ccc(C=C(B2c3ccccc32)B2c3ccccc32)cc1. The van der Waals surface area contributed by atoms with Crippen LogP contribution in [-0.4, -0.2) is 20.5 Å². The van der Waals surface area contributed by atoms with Crippen LogP contribution in [0.3, 0.4) is 0 Å². The van der Waals surface area contributed by atoms with Gasteiger partial charge >= 0.3 is 0 Å². The molecule has 5 rings (SSSR count). The van der Waals surface area contributed by atoms with Gasteiger partial charge in [0.1, 0.15) is 5.75 Å². The summed E-state index contributed by atoms with van der Waals surface area (Å²) in [5.74, 6) is 0.901. The lowest BCUT2D eigenvalue weighted by Gasteiger charge is -2.04. The van der Waals surface area contributed by atoms with Crippen molar-refractivity contribution in [2.75, 3.05) is 7.11 Å². The second-order valence-corrected chi connectivity index (χ2v) is 6.54. The fourth-order valence-corrected chi connectivity index (χ4v) is 3.86. The second kappa shape index (κ2) is 5.17. The summed E-state index contributed by atoms with van der Waals surface area (Å²) in [4.78, 5) is 0. The lowest BCUT2D eigenvalue weighted by Crippen LogP contribution is -2.23. The first-order valence-electron chi connectivity index (χ1n) is 8.40. The van der Waals surface area contributed by atoms with Crippen LogP contribution in [0.15, 0.2) is 78.2 Å². The summed E-state index contributed by atoms with van der Waals surface area (Å²) in [6.45, 7) is 0.971. The Morgan fingerprint density at radius 3 is 1.58 bits per heavy atom. The van der Waals surface area contributed by atoms with E-state index in [2.05, 4.69) is 66.7 Å². The Bertz CT molecular complexity index is 860. The number of benzene rings is 3. The Morgan fingerprint density at radius 2 is 1.17 bits per heavy atom. The van der Waals surface area contributed by atoms with Crippen LogP contribution in [0.25, 0.3) is 6.08 Å². The number of methoxy groups -OCH3 is 1. The maximum Gasteiger partial charge on any atom is 0.227 e. The van der Waals surface area contributed by atoms with E-state index >= 15 is 0 Å². The van der Waals surface area contributed by atoms with E-state index in [9.17, 15) is 0 Å². The average molecular weight is 306 g/mol. The Balaban J connectivity index is 1.54. The van der Waals surface area contributed by atoms with Crippen molar-refractivity contribution < 1.29 is 4.74 Å². The fourth-order valence-electron chi connectivity index (χ4n) is 3.86. The summed E-state index contributed by atoms with van der Waals surface area (Å²) in [5, 5.41) is 1.50. The summed E-state index contributed by atoms with van der Waals surface area (Å²) >= 11 is 0. The fraction of sp³-hybridized carbons (Fsp3) is 0.0476. The smallest absolute Gasteiger partial charge is 0.227 e. The van der Waals surface area contributed by atoms with Gasteiger partial charge < -0.3 is 4.74 Å². The molecule has 1 nitrogen and oxygen atoms in total. The molecule has 0 fully saturated rings. The summed E-state index contributed by atoms with van der Waals surface area (Å²) in [7, 11) is 1.71. The van der Waals surface area contributed by atoms with Crippen molar-refractivity contribution in [3.8, 4) is 5.75 Å². The minimum absolute atomic E-state index is 0.486. The minimum atomic E-state index is 0.486. The van der Waals surface area contributed by atoms with Crippen LogP contribution in [0, 0.1) is 0 Å². The highest BCUT2D eigenvalue weighted by molar-refractivity contribution is 7.24. The zero-order valence-electron chi connectivity index (χ0n) is 13.6. The summed E-state index contributed by atoms with van der Waals surface area (Å²) in [6.07, 6.45) is 2.37. The molecule has 0 aliphatic carbocycles. The van der Waals surface area contributed by atoms with Gasteiger partial charge in [-0.1, -0.05) is 88.6 Å². The van der Waals surface area contributed by atoms with Crippen LogP contribution in [0.4, 0.5) is 0 Å². The van der Waals surface area contributed by atoms with E-state index in [0.29, 0.717) is 13.4 Å². The summed E-state index contributed by atoms with van der Waals surface area (Å²) in [6, 6.07) is 25.9. The molecular formula is C21H16B2O. The summed E-state index contributed by atoms with van der Waals surface area (Å²) < 4.78 is 5.27. The maximum absolute atomic E-state index is 5.27. The Kier molecular flexibility index (Phi) is 2.96. The third-order valence-electron chi connectivity index (χ3n) is 5.19. The van der Waals surface area contributed by atoms with E-state index in [1.54, 1.807) is 7.11 Å². The Morgan fingerprint density at radius 1 is 0.708 bits per heavy atom. The van der Waals surface area contributed by atoms with Crippen molar-refractivity contribution in [2.45, 2.75) is 0 Å². The molecule has 112 valence electrons. The Labute approximate surface area is 143 Å². The molecule has 0 radical (unpaired) electrons. The van der Waals surface area contributed by atoms with Crippen molar-refractivity contribution in [3.05, 3.63) is 83.7 Å². The van der Waals surface area contributed by atoms with Gasteiger partial charge in [0, 0.05) is 0 Å². The molecule has 0 spiro atoms. The zero-order valence-corrected chi connectivity index (χ0v) is 13.6. The number of fused-ring (bicyclic) bond motifs is 2. The molecular weight excluding hydrogens is 290 g/mol. The molecule has 3 aromatic rings. The largest absolute Gasteiger partial charge is 0.497 e. The normalized spacial score (nSPS) is 13.0. The van der Waals surface area contributed by atoms with Gasteiger partial charge in [0.25, 0.3) is 0 Å². The monoisotopic (exact) mass is 306 g/mol. The number of ether oxygens (including phenoxy) is 1. The number of hydrogen-bond donors (Lipinski definition) is 0. The predicted molar refractivity (Wildman–Crippen MR) is 104 cm³/mol. The van der Waals surface area contributed by atoms with E-state index in [1.165, 1.54) is 32.8 Å². The average Bonchev–Trinajstić information content (AvgIpc) is 3.54. The van der Waals surface area contributed by atoms with Gasteiger partial charge in [-0.15, -0.1) is 5.37 Å². The highest BCUT2D eigenvalue weighted by atomic mass is 16.5. The first-order chi connectivity index (χ1) is 11.9. The first kappa shape index (κ1) is 13.7. The van der Waals surface area contributed by atoms with Crippen molar-refractivity contribution in [1.82, 2.24) is 0 Å². The lowest BCUT2D eigenvalue weighted by molar-refractivity contribution is 0.415. The van der Waals surface area contributed by atoms with Crippen LogP contribution >= 0.6 is 0 Å². The van der Waals surface area contributed by atoms with E-state index in [-0.39, 0.29) is 0 Å². The van der Waals surface area contributed by atoms with Crippen molar-refractivity contribution in [1.29, 1.82) is 0 Å². The van der Waals surface area contributed by atoms with Crippen molar-refractivity contribution in [2.24, 2.45) is 0 Å². The van der Waals surface area contributed by atoms with Crippen LogP contribution in [-0.2, 0) is 0 Å². The third-order valence-corrected chi connectivity index (χ3v) is 5.19. The standard InChI is InChI=1S/C21H16B2O/c1-24-16-12-10-15(11-13-16)14-21(22-17-6-2-3-7-18(17)22)23-19-8-4-5-9-20(19)23/h2-14H,1H3. The molecule has 2 aliphatic rings. The zero-order chi connectivity index (χ0) is 16.1. The molecule has 3 aromatic carbocycles.